The molecule has 2 aromatic rings. The van der Waals surface area contributed by atoms with E-state index in [2.05, 4.69) is 9.97 Å². The zero-order valence-corrected chi connectivity index (χ0v) is 12.3. The lowest BCUT2D eigenvalue weighted by atomic mass is 10.1. The summed E-state index contributed by atoms with van der Waals surface area (Å²) in [7, 11) is 1.87. The molecule has 1 aliphatic rings. The number of benzene rings is 1. The van der Waals surface area contributed by atoms with E-state index in [0.29, 0.717) is 18.8 Å². The van der Waals surface area contributed by atoms with Gasteiger partial charge in [-0.3, -0.25) is 4.79 Å². The second kappa shape index (κ2) is 6.26. The Kier molecular flexibility index (Phi) is 4.20. The van der Waals surface area contributed by atoms with Crippen LogP contribution in [0.5, 0.6) is 0 Å². The monoisotopic (exact) mass is 287 g/mol. The largest absolute Gasteiger partial charge is 0.381 e. The lowest BCUT2D eigenvalue weighted by molar-refractivity contribution is -0.130. The molecule has 1 saturated heterocycles. The van der Waals surface area contributed by atoms with Crippen LogP contribution in [0.15, 0.2) is 24.3 Å². The highest BCUT2D eigenvalue weighted by Gasteiger charge is 2.20. The molecule has 0 bridgehead atoms. The smallest absolute Gasteiger partial charge is 0.222 e. The SMILES string of the molecule is CN(CC1CCOC1)C(=O)CCc1nc2ccccc2[nH]1. The van der Waals surface area contributed by atoms with Gasteiger partial charge in [0.25, 0.3) is 0 Å². The minimum Gasteiger partial charge on any atom is -0.381 e. The Morgan fingerprint density at radius 1 is 1.48 bits per heavy atom. The number of H-pyrrole nitrogens is 1. The summed E-state index contributed by atoms with van der Waals surface area (Å²) in [6.07, 6.45) is 2.20. The van der Waals surface area contributed by atoms with Gasteiger partial charge in [0.2, 0.25) is 5.91 Å². The van der Waals surface area contributed by atoms with E-state index in [0.717, 1.165) is 43.0 Å². The number of nitrogens with one attached hydrogen (secondary N) is 1. The van der Waals surface area contributed by atoms with E-state index in [1.807, 2.05) is 36.2 Å². The molecule has 1 aromatic heterocycles. The van der Waals surface area contributed by atoms with Gasteiger partial charge in [-0.25, -0.2) is 4.98 Å². The molecule has 1 aromatic carbocycles. The van der Waals surface area contributed by atoms with Crippen LogP contribution >= 0.6 is 0 Å². The molecule has 1 aliphatic heterocycles. The molecule has 0 radical (unpaired) electrons. The van der Waals surface area contributed by atoms with Gasteiger partial charge in [0.05, 0.1) is 17.6 Å². The molecule has 3 rings (SSSR count). The van der Waals surface area contributed by atoms with Gasteiger partial charge in [0, 0.05) is 39.0 Å². The van der Waals surface area contributed by atoms with Crippen LogP contribution in [0.2, 0.25) is 0 Å². The molecule has 5 heteroatoms. The Balaban J connectivity index is 1.52. The molecule has 1 unspecified atom stereocenters. The number of aryl methyl sites for hydroxylation is 1. The first-order chi connectivity index (χ1) is 10.2. The van der Waals surface area contributed by atoms with Crippen molar-refractivity contribution < 1.29 is 9.53 Å². The van der Waals surface area contributed by atoms with Crippen LogP contribution < -0.4 is 0 Å². The van der Waals surface area contributed by atoms with E-state index in [1.165, 1.54) is 0 Å². The van der Waals surface area contributed by atoms with Crippen LogP contribution in [-0.2, 0) is 16.0 Å². The number of carbonyl (C=O) groups is 1. The van der Waals surface area contributed by atoms with Crippen molar-refractivity contribution >= 4 is 16.9 Å². The van der Waals surface area contributed by atoms with Crippen LogP contribution in [0.4, 0.5) is 0 Å². The molecule has 1 N–H and O–H groups in total. The van der Waals surface area contributed by atoms with Gasteiger partial charge in [-0.15, -0.1) is 0 Å². The molecule has 2 heterocycles. The van der Waals surface area contributed by atoms with Crippen molar-refractivity contribution in [1.29, 1.82) is 0 Å². The van der Waals surface area contributed by atoms with Gasteiger partial charge in [-0.05, 0) is 18.6 Å². The van der Waals surface area contributed by atoms with Gasteiger partial charge in [0.15, 0.2) is 0 Å². The average Bonchev–Trinajstić information content (AvgIpc) is 3.13. The van der Waals surface area contributed by atoms with E-state index in [4.69, 9.17) is 4.74 Å². The third-order valence-electron chi connectivity index (χ3n) is 4.00. The summed E-state index contributed by atoms with van der Waals surface area (Å²) in [5.74, 6) is 1.54. The quantitative estimate of drug-likeness (QED) is 0.915. The number of amides is 1. The second-order valence-corrected chi connectivity index (χ2v) is 5.70. The van der Waals surface area contributed by atoms with Crippen molar-refractivity contribution in [1.82, 2.24) is 14.9 Å². The van der Waals surface area contributed by atoms with E-state index >= 15 is 0 Å². The van der Waals surface area contributed by atoms with E-state index < -0.39 is 0 Å². The maximum Gasteiger partial charge on any atom is 0.222 e. The van der Waals surface area contributed by atoms with Crippen molar-refractivity contribution in [3.63, 3.8) is 0 Å². The molecule has 21 heavy (non-hydrogen) atoms. The standard InChI is InChI=1S/C16H21N3O2/c1-19(10-12-8-9-21-11-12)16(20)7-6-15-17-13-4-2-3-5-14(13)18-15/h2-5,12H,6-11H2,1H3,(H,17,18). The second-order valence-electron chi connectivity index (χ2n) is 5.70. The molecule has 5 nitrogen and oxygen atoms in total. The molecule has 112 valence electrons. The predicted octanol–water partition coefficient (Wildman–Crippen LogP) is 1.99. The van der Waals surface area contributed by atoms with Crippen LogP contribution in [0, 0.1) is 5.92 Å². The first-order valence-corrected chi connectivity index (χ1v) is 7.47. The molecule has 0 saturated carbocycles. The predicted molar refractivity (Wildman–Crippen MR) is 81.0 cm³/mol. The number of hydrogen-bond donors (Lipinski definition) is 1. The number of para-hydroxylation sites is 2. The Morgan fingerprint density at radius 2 is 2.33 bits per heavy atom. The molecule has 1 amide bonds. The summed E-state index contributed by atoms with van der Waals surface area (Å²) in [5, 5.41) is 0. The number of rotatable bonds is 5. The fourth-order valence-electron chi connectivity index (χ4n) is 2.76. The Labute approximate surface area is 124 Å². The van der Waals surface area contributed by atoms with Crippen LogP contribution in [0.1, 0.15) is 18.7 Å². The Bertz CT molecular complexity index is 584. The van der Waals surface area contributed by atoms with E-state index in [9.17, 15) is 4.79 Å². The summed E-state index contributed by atoms with van der Waals surface area (Å²) in [6.45, 7) is 2.39. The van der Waals surface area contributed by atoms with Crippen LogP contribution in [0.25, 0.3) is 11.0 Å². The van der Waals surface area contributed by atoms with Crippen molar-refractivity contribution in [2.75, 3.05) is 26.8 Å². The number of imidazole rings is 1. The van der Waals surface area contributed by atoms with Gasteiger partial charge < -0.3 is 14.6 Å². The fourth-order valence-corrected chi connectivity index (χ4v) is 2.76. The third kappa shape index (κ3) is 3.42. The minimum atomic E-state index is 0.169. The normalized spacial score (nSPS) is 18.2. The highest BCUT2D eigenvalue weighted by molar-refractivity contribution is 5.77. The zero-order chi connectivity index (χ0) is 14.7. The van der Waals surface area contributed by atoms with Crippen LogP contribution in [0.3, 0.4) is 0 Å². The van der Waals surface area contributed by atoms with Crippen molar-refractivity contribution in [2.24, 2.45) is 5.92 Å². The van der Waals surface area contributed by atoms with Crippen molar-refractivity contribution in [3.8, 4) is 0 Å². The number of hydrogen-bond acceptors (Lipinski definition) is 3. The summed E-state index contributed by atoms with van der Waals surface area (Å²) < 4.78 is 5.35. The highest BCUT2D eigenvalue weighted by Crippen LogP contribution is 2.15. The number of carbonyl (C=O) groups excluding carboxylic acids is 1. The maximum atomic E-state index is 12.2. The molecule has 0 spiro atoms. The number of aromatic amines is 1. The molecular weight excluding hydrogens is 266 g/mol. The van der Waals surface area contributed by atoms with Gasteiger partial charge in [-0.2, -0.15) is 0 Å². The van der Waals surface area contributed by atoms with Gasteiger partial charge in [0.1, 0.15) is 5.82 Å². The average molecular weight is 287 g/mol. The summed E-state index contributed by atoms with van der Waals surface area (Å²) in [4.78, 5) is 21.7. The number of ether oxygens (including phenoxy) is 1. The van der Waals surface area contributed by atoms with E-state index in [-0.39, 0.29) is 5.91 Å². The third-order valence-corrected chi connectivity index (χ3v) is 4.00. The highest BCUT2D eigenvalue weighted by atomic mass is 16.5. The maximum absolute atomic E-state index is 12.2. The van der Waals surface area contributed by atoms with Gasteiger partial charge in [-0.1, -0.05) is 12.1 Å². The molecule has 1 fully saturated rings. The van der Waals surface area contributed by atoms with Crippen LogP contribution in [-0.4, -0.2) is 47.6 Å². The molecule has 1 atom stereocenters. The first-order valence-electron chi connectivity index (χ1n) is 7.47. The van der Waals surface area contributed by atoms with Crippen molar-refractivity contribution in [3.05, 3.63) is 30.1 Å². The fraction of sp³-hybridized carbons (Fsp3) is 0.500. The molecule has 0 aliphatic carbocycles. The molecular formula is C16H21N3O2. The number of nitrogens with zero attached hydrogens (tertiary/aromatic N) is 2. The van der Waals surface area contributed by atoms with E-state index in [1.54, 1.807) is 0 Å². The number of fused-ring (bicyclic) bond motifs is 1. The van der Waals surface area contributed by atoms with Gasteiger partial charge >= 0.3 is 0 Å². The van der Waals surface area contributed by atoms with Crippen molar-refractivity contribution in [2.45, 2.75) is 19.3 Å². The number of aromatic nitrogens is 2. The lowest BCUT2D eigenvalue weighted by Gasteiger charge is -2.20. The summed E-state index contributed by atoms with van der Waals surface area (Å²) in [5.41, 5.74) is 1.98. The summed E-state index contributed by atoms with van der Waals surface area (Å²) in [6, 6.07) is 7.92. The topological polar surface area (TPSA) is 58.2 Å². The Morgan fingerprint density at radius 3 is 3.10 bits per heavy atom. The lowest BCUT2D eigenvalue weighted by Crippen LogP contribution is -2.32. The Hall–Kier alpha value is -1.88. The minimum absolute atomic E-state index is 0.169. The zero-order valence-electron chi connectivity index (χ0n) is 12.3. The first kappa shape index (κ1) is 14.1. The summed E-state index contributed by atoms with van der Waals surface area (Å²) >= 11 is 0.